The summed E-state index contributed by atoms with van der Waals surface area (Å²) < 4.78 is 5.00. The maximum atomic E-state index is 11.8. The van der Waals surface area contributed by atoms with Gasteiger partial charge in [0.05, 0.1) is 12.6 Å². The monoisotopic (exact) mass is 352 g/mol. The average molecular weight is 353 g/mol. The summed E-state index contributed by atoms with van der Waals surface area (Å²) >= 11 is 7.53. The molecule has 0 bridgehead atoms. The van der Waals surface area contributed by atoms with E-state index in [0.29, 0.717) is 23.3 Å². The summed E-state index contributed by atoms with van der Waals surface area (Å²) in [6.07, 6.45) is 2.01. The smallest absolute Gasteiger partial charge is 0.357 e. The molecule has 8 heteroatoms. The van der Waals surface area contributed by atoms with Crippen molar-refractivity contribution >= 4 is 34.7 Å². The highest BCUT2D eigenvalue weighted by Crippen LogP contribution is 2.37. The van der Waals surface area contributed by atoms with Gasteiger partial charge in [0.1, 0.15) is 21.8 Å². The number of halogens is 1. The van der Waals surface area contributed by atoms with Crippen molar-refractivity contribution in [3.05, 3.63) is 33.1 Å². The molecule has 122 valence electrons. The Hall–Kier alpha value is -1.73. The second-order valence-electron chi connectivity index (χ2n) is 5.24. The lowest BCUT2D eigenvalue weighted by molar-refractivity contribution is 0.0520. The van der Waals surface area contributed by atoms with Gasteiger partial charge in [-0.15, -0.1) is 11.3 Å². The summed E-state index contributed by atoms with van der Waals surface area (Å²) in [5.41, 5.74) is 0.371. The molecular weight excluding hydrogens is 336 g/mol. The lowest BCUT2D eigenvalue weighted by Gasteiger charge is -2.24. The van der Waals surface area contributed by atoms with Crippen molar-refractivity contribution in [1.82, 2.24) is 15.0 Å². The molecule has 0 N–H and O–H groups in total. The number of ether oxygens (including phenoxy) is 1. The van der Waals surface area contributed by atoms with Crippen LogP contribution in [0.4, 0.5) is 5.82 Å². The quantitative estimate of drug-likeness (QED) is 0.620. The Bertz CT molecular complexity index is 701. The van der Waals surface area contributed by atoms with Crippen LogP contribution in [0.3, 0.4) is 0 Å². The lowest BCUT2D eigenvalue weighted by Crippen LogP contribution is -2.24. The fourth-order valence-electron chi connectivity index (χ4n) is 2.70. The van der Waals surface area contributed by atoms with Gasteiger partial charge in [-0.1, -0.05) is 11.6 Å². The minimum Gasteiger partial charge on any atom is -0.461 e. The number of anilines is 1. The second kappa shape index (κ2) is 6.80. The number of nitrogens with zero attached hydrogens (tertiary/aromatic N) is 4. The number of thiazole rings is 1. The molecule has 0 spiro atoms. The minimum atomic E-state index is -0.375. The van der Waals surface area contributed by atoms with E-state index in [4.69, 9.17) is 16.3 Å². The molecule has 0 saturated carbocycles. The molecule has 2 aromatic heterocycles. The Morgan fingerprint density at radius 2 is 2.30 bits per heavy atom. The van der Waals surface area contributed by atoms with E-state index in [1.54, 1.807) is 18.4 Å². The van der Waals surface area contributed by atoms with Crippen molar-refractivity contribution in [3.63, 3.8) is 0 Å². The standard InChI is InChI=1S/C15H17ClN4O2S/c1-3-22-15(21)10-8-23-14(19-10)11-5-4-6-20(11)13-7-12(16)17-9(2)18-13/h7-8,11H,3-6H2,1-2H3. The van der Waals surface area contributed by atoms with Crippen LogP contribution in [0.15, 0.2) is 11.4 Å². The van der Waals surface area contributed by atoms with Crippen LogP contribution >= 0.6 is 22.9 Å². The number of esters is 1. The Labute approximate surface area is 143 Å². The van der Waals surface area contributed by atoms with Gasteiger partial charge in [0.2, 0.25) is 0 Å². The second-order valence-corrected chi connectivity index (χ2v) is 6.52. The van der Waals surface area contributed by atoms with Crippen LogP contribution in [-0.2, 0) is 4.74 Å². The molecule has 0 aromatic carbocycles. The van der Waals surface area contributed by atoms with Gasteiger partial charge in [0.25, 0.3) is 0 Å². The van der Waals surface area contributed by atoms with E-state index in [2.05, 4.69) is 19.9 Å². The molecular formula is C15H17ClN4O2S. The zero-order valence-electron chi connectivity index (χ0n) is 13.0. The van der Waals surface area contributed by atoms with Crippen molar-refractivity contribution in [3.8, 4) is 0 Å². The predicted molar refractivity (Wildman–Crippen MR) is 89.2 cm³/mol. The van der Waals surface area contributed by atoms with Crippen molar-refractivity contribution in [1.29, 1.82) is 0 Å². The van der Waals surface area contributed by atoms with Crippen LogP contribution < -0.4 is 4.90 Å². The van der Waals surface area contributed by atoms with E-state index < -0.39 is 0 Å². The summed E-state index contributed by atoms with van der Waals surface area (Å²) in [4.78, 5) is 27.0. The molecule has 3 rings (SSSR count). The highest BCUT2D eigenvalue weighted by Gasteiger charge is 2.30. The number of rotatable bonds is 4. The maximum Gasteiger partial charge on any atom is 0.357 e. The van der Waals surface area contributed by atoms with Gasteiger partial charge in [0, 0.05) is 18.0 Å². The molecule has 0 radical (unpaired) electrons. The van der Waals surface area contributed by atoms with Gasteiger partial charge in [-0.25, -0.2) is 19.7 Å². The number of hydrogen-bond donors (Lipinski definition) is 0. The van der Waals surface area contributed by atoms with Crippen molar-refractivity contribution in [2.24, 2.45) is 0 Å². The third-order valence-electron chi connectivity index (χ3n) is 3.63. The van der Waals surface area contributed by atoms with E-state index in [1.807, 2.05) is 6.92 Å². The molecule has 2 aromatic rings. The highest BCUT2D eigenvalue weighted by atomic mass is 35.5. The normalized spacial score (nSPS) is 17.5. The third-order valence-corrected chi connectivity index (χ3v) is 4.77. The van der Waals surface area contributed by atoms with Crippen LogP contribution in [0.2, 0.25) is 5.15 Å². The largest absolute Gasteiger partial charge is 0.461 e. The van der Waals surface area contributed by atoms with E-state index in [1.165, 1.54) is 11.3 Å². The van der Waals surface area contributed by atoms with E-state index in [9.17, 15) is 4.79 Å². The van der Waals surface area contributed by atoms with Crippen molar-refractivity contribution < 1.29 is 9.53 Å². The highest BCUT2D eigenvalue weighted by molar-refractivity contribution is 7.10. The number of aryl methyl sites for hydroxylation is 1. The average Bonchev–Trinajstić information content (AvgIpc) is 3.15. The van der Waals surface area contributed by atoms with Gasteiger partial charge in [-0.3, -0.25) is 0 Å². The number of carbonyl (C=O) groups is 1. The summed E-state index contributed by atoms with van der Waals surface area (Å²) in [5.74, 6) is 1.07. The Morgan fingerprint density at radius 1 is 1.48 bits per heavy atom. The van der Waals surface area contributed by atoms with E-state index >= 15 is 0 Å². The predicted octanol–water partition coefficient (Wildman–Crippen LogP) is 3.41. The van der Waals surface area contributed by atoms with Crippen LogP contribution in [0.25, 0.3) is 0 Å². The minimum absolute atomic E-state index is 0.105. The van der Waals surface area contributed by atoms with Gasteiger partial charge >= 0.3 is 5.97 Å². The summed E-state index contributed by atoms with van der Waals surface area (Å²) in [5, 5.41) is 3.09. The third kappa shape index (κ3) is 3.45. The summed E-state index contributed by atoms with van der Waals surface area (Å²) in [7, 11) is 0. The van der Waals surface area contributed by atoms with Crippen LogP contribution in [0, 0.1) is 6.92 Å². The molecule has 23 heavy (non-hydrogen) atoms. The first kappa shape index (κ1) is 16.1. The Morgan fingerprint density at radius 3 is 3.04 bits per heavy atom. The van der Waals surface area contributed by atoms with Crippen molar-refractivity contribution in [2.75, 3.05) is 18.1 Å². The number of aromatic nitrogens is 3. The SMILES string of the molecule is CCOC(=O)c1csc(C2CCCN2c2cc(Cl)nc(C)n2)n1. The summed E-state index contributed by atoms with van der Waals surface area (Å²) in [6, 6.07) is 1.88. The molecule has 3 heterocycles. The van der Waals surface area contributed by atoms with Gasteiger partial charge in [-0.2, -0.15) is 0 Å². The number of carbonyl (C=O) groups excluding carboxylic acids is 1. The Kier molecular flexibility index (Phi) is 4.77. The molecule has 1 unspecified atom stereocenters. The number of hydrogen-bond acceptors (Lipinski definition) is 7. The molecule has 1 fully saturated rings. The molecule has 1 saturated heterocycles. The fourth-order valence-corrected chi connectivity index (χ4v) is 3.86. The zero-order valence-corrected chi connectivity index (χ0v) is 14.5. The summed E-state index contributed by atoms with van der Waals surface area (Å²) in [6.45, 7) is 4.83. The molecule has 1 aliphatic heterocycles. The first-order chi connectivity index (χ1) is 11.1. The molecule has 6 nitrogen and oxygen atoms in total. The van der Waals surface area contributed by atoms with Crippen molar-refractivity contribution in [2.45, 2.75) is 32.7 Å². The van der Waals surface area contributed by atoms with Gasteiger partial charge in [0.15, 0.2) is 5.69 Å². The van der Waals surface area contributed by atoms with Crippen LogP contribution in [0.5, 0.6) is 0 Å². The van der Waals surface area contributed by atoms with Gasteiger partial charge < -0.3 is 9.64 Å². The van der Waals surface area contributed by atoms with Gasteiger partial charge in [-0.05, 0) is 26.7 Å². The molecule has 1 atom stereocenters. The maximum absolute atomic E-state index is 11.8. The fraction of sp³-hybridized carbons (Fsp3) is 0.467. The molecule has 0 aliphatic carbocycles. The van der Waals surface area contributed by atoms with Crippen LogP contribution in [-0.4, -0.2) is 34.1 Å². The van der Waals surface area contributed by atoms with Crippen LogP contribution in [0.1, 0.15) is 47.1 Å². The van der Waals surface area contributed by atoms with E-state index in [-0.39, 0.29) is 12.0 Å². The zero-order chi connectivity index (χ0) is 16.4. The molecule has 0 amide bonds. The molecule has 1 aliphatic rings. The lowest BCUT2D eigenvalue weighted by atomic mass is 10.2. The first-order valence-electron chi connectivity index (χ1n) is 7.49. The topological polar surface area (TPSA) is 68.2 Å². The Balaban J connectivity index is 1.85. The first-order valence-corrected chi connectivity index (χ1v) is 8.74. The van der Waals surface area contributed by atoms with E-state index in [0.717, 1.165) is 30.2 Å².